The van der Waals surface area contributed by atoms with Crippen LogP contribution in [-0.4, -0.2) is 56.3 Å². The smallest absolute Gasteiger partial charge is 0.307 e. The van der Waals surface area contributed by atoms with Crippen molar-refractivity contribution in [3.05, 3.63) is 0 Å². The van der Waals surface area contributed by atoms with Crippen molar-refractivity contribution >= 4 is 23.6 Å². The normalized spacial score (nSPS) is 13.6. The highest BCUT2D eigenvalue weighted by molar-refractivity contribution is 7.98. The molecule has 1 amide bonds. The van der Waals surface area contributed by atoms with Crippen LogP contribution in [0, 0.1) is 0 Å². The van der Waals surface area contributed by atoms with Gasteiger partial charge in [-0.05, 0) is 31.8 Å². The third kappa shape index (κ3) is 8.39. The van der Waals surface area contributed by atoms with E-state index in [1.165, 1.54) is 7.11 Å². The van der Waals surface area contributed by atoms with Gasteiger partial charge in [0.05, 0.1) is 13.0 Å². The van der Waals surface area contributed by atoms with E-state index in [1.807, 2.05) is 6.26 Å². The van der Waals surface area contributed by atoms with Crippen molar-refractivity contribution in [2.45, 2.75) is 38.3 Å². The maximum absolute atomic E-state index is 11.9. The first-order chi connectivity index (χ1) is 9.56. The molecule has 0 aliphatic heterocycles. The lowest BCUT2D eigenvalue weighted by Crippen LogP contribution is -2.48. The van der Waals surface area contributed by atoms with Gasteiger partial charge in [-0.3, -0.25) is 9.59 Å². The summed E-state index contributed by atoms with van der Waals surface area (Å²) in [5, 5.41) is 2.64. The molecule has 0 aromatic heterocycles. The van der Waals surface area contributed by atoms with Gasteiger partial charge in [0.1, 0.15) is 0 Å². The largest absolute Gasteiger partial charge is 0.466 e. The van der Waals surface area contributed by atoms with Gasteiger partial charge in [-0.2, -0.15) is 11.8 Å². The van der Waals surface area contributed by atoms with Crippen LogP contribution in [0.3, 0.4) is 0 Å². The molecule has 2 unspecified atom stereocenters. The Hall–Kier alpha value is -0.790. The topological polar surface area (TPSA) is 90.6 Å². The van der Waals surface area contributed by atoms with E-state index < -0.39 is 6.10 Å². The molecule has 20 heavy (non-hydrogen) atoms. The number of methoxy groups -OCH3 is 1. The Labute approximate surface area is 125 Å². The summed E-state index contributed by atoms with van der Waals surface area (Å²) in [7, 11) is 1.46. The van der Waals surface area contributed by atoms with Crippen LogP contribution in [0.25, 0.3) is 0 Å². The standard InChI is InChI=1S/C13H26N2O4S/c1-4-19-11(16)7-8-15-13(17)12(18-2)10(14)6-5-9-20-3/h10,12H,4-9,14H2,1-3H3,(H,15,17). The highest BCUT2D eigenvalue weighted by Crippen LogP contribution is 2.07. The van der Waals surface area contributed by atoms with Crippen LogP contribution < -0.4 is 11.1 Å². The molecule has 0 aromatic rings. The first-order valence-electron chi connectivity index (χ1n) is 6.77. The van der Waals surface area contributed by atoms with Crippen LogP contribution in [-0.2, 0) is 19.1 Å². The van der Waals surface area contributed by atoms with Crippen LogP contribution in [0.4, 0.5) is 0 Å². The summed E-state index contributed by atoms with van der Waals surface area (Å²) < 4.78 is 9.92. The quantitative estimate of drug-likeness (QED) is 0.428. The number of nitrogens with two attached hydrogens (primary N) is 1. The summed E-state index contributed by atoms with van der Waals surface area (Å²) in [5.41, 5.74) is 5.96. The number of hydrogen-bond donors (Lipinski definition) is 2. The molecule has 2 atom stereocenters. The predicted octanol–water partition coefficient (Wildman–Crippen LogP) is 0.541. The Morgan fingerprint density at radius 3 is 2.65 bits per heavy atom. The number of ether oxygens (including phenoxy) is 2. The Bertz CT molecular complexity index is 290. The molecule has 0 saturated carbocycles. The van der Waals surface area contributed by atoms with Crippen molar-refractivity contribution in [2.75, 3.05) is 32.3 Å². The lowest BCUT2D eigenvalue weighted by Gasteiger charge is -2.21. The monoisotopic (exact) mass is 306 g/mol. The lowest BCUT2D eigenvalue weighted by molar-refractivity contribution is -0.143. The number of esters is 1. The van der Waals surface area contributed by atoms with E-state index in [-0.39, 0.29) is 30.9 Å². The average Bonchev–Trinajstić information content (AvgIpc) is 2.40. The highest BCUT2D eigenvalue weighted by atomic mass is 32.2. The van der Waals surface area contributed by atoms with E-state index in [0.717, 1.165) is 18.6 Å². The minimum Gasteiger partial charge on any atom is -0.466 e. The molecular weight excluding hydrogens is 280 g/mol. The molecule has 0 fully saturated rings. The molecule has 0 aliphatic rings. The summed E-state index contributed by atoms with van der Waals surface area (Å²) in [6.07, 6.45) is 3.17. The zero-order valence-corrected chi connectivity index (χ0v) is 13.3. The number of thioether (sulfide) groups is 1. The van der Waals surface area contributed by atoms with E-state index in [0.29, 0.717) is 6.61 Å². The third-order valence-corrected chi connectivity index (χ3v) is 3.42. The van der Waals surface area contributed by atoms with Crippen molar-refractivity contribution in [1.29, 1.82) is 0 Å². The molecule has 0 aromatic carbocycles. The molecule has 0 aliphatic carbocycles. The molecule has 3 N–H and O–H groups in total. The first-order valence-corrected chi connectivity index (χ1v) is 8.16. The van der Waals surface area contributed by atoms with E-state index in [2.05, 4.69) is 5.32 Å². The third-order valence-electron chi connectivity index (χ3n) is 2.72. The maximum atomic E-state index is 11.9. The molecule has 6 nitrogen and oxygen atoms in total. The molecule has 7 heteroatoms. The van der Waals surface area contributed by atoms with Gasteiger partial charge in [-0.25, -0.2) is 0 Å². The van der Waals surface area contributed by atoms with Gasteiger partial charge < -0.3 is 20.5 Å². The van der Waals surface area contributed by atoms with E-state index >= 15 is 0 Å². The van der Waals surface area contributed by atoms with Gasteiger partial charge in [0, 0.05) is 19.7 Å². The zero-order valence-electron chi connectivity index (χ0n) is 12.5. The highest BCUT2D eigenvalue weighted by Gasteiger charge is 2.24. The van der Waals surface area contributed by atoms with E-state index in [1.54, 1.807) is 18.7 Å². The summed E-state index contributed by atoms with van der Waals surface area (Å²) >= 11 is 1.74. The number of rotatable bonds is 11. The molecule has 0 heterocycles. The fraction of sp³-hybridized carbons (Fsp3) is 0.846. The Morgan fingerprint density at radius 1 is 1.40 bits per heavy atom. The van der Waals surface area contributed by atoms with Crippen LogP contribution in [0.5, 0.6) is 0 Å². The first kappa shape index (κ1) is 19.2. The predicted molar refractivity (Wildman–Crippen MR) is 80.6 cm³/mol. The fourth-order valence-corrected chi connectivity index (χ4v) is 2.17. The van der Waals surface area contributed by atoms with Crippen LogP contribution >= 0.6 is 11.8 Å². The van der Waals surface area contributed by atoms with Crippen molar-refractivity contribution in [3.8, 4) is 0 Å². The number of carbonyl (C=O) groups is 2. The van der Waals surface area contributed by atoms with Crippen molar-refractivity contribution in [3.63, 3.8) is 0 Å². The van der Waals surface area contributed by atoms with Gasteiger partial charge in [0.25, 0.3) is 5.91 Å². The zero-order chi connectivity index (χ0) is 15.4. The molecule has 0 rings (SSSR count). The lowest BCUT2D eigenvalue weighted by atomic mass is 10.1. The van der Waals surface area contributed by atoms with Crippen LogP contribution in [0.2, 0.25) is 0 Å². The second-order valence-corrected chi connectivity index (χ2v) is 5.29. The number of nitrogens with one attached hydrogen (secondary N) is 1. The Kier molecular flexibility index (Phi) is 11.5. The number of carbonyl (C=O) groups excluding carboxylic acids is 2. The number of hydrogen-bond acceptors (Lipinski definition) is 6. The average molecular weight is 306 g/mol. The molecule has 0 bridgehead atoms. The van der Waals surface area contributed by atoms with Gasteiger partial charge in [0.2, 0.25) is 0 Å². The van der Waals surface area contributed by atoms with Gasteiger partial charge >= 0.3 is 5.97 Å². The Morgan fingerprint density at radius 2 is 2.10 bits per heavy atom. The summed E-state index contributed by atoms with van der Waals surface area (Å²) in [5.74, 6) is 0.397. The van der Waals surface area contributed by atoms with E-state index in [4.69, 9.17) is 15.2 Å². The van der Waals surface area contributed by atoms with Crippen molar-refractivity contribution < 1.29 is 19.1 Å². The molecular formula is C13H26N2O4S. The van der Waals surface area contributed by atoms with E-state index in [9.17, 15) is 9.59 Å². The molecule has 0 radical (unpaired) electrons. The molecule has 0 saturated heterocycles. The van der Waals surface area contributed by atoms with Gasteiger partial charge in [-0.15, -0.1) is 0 Å². The summed E-state index contributed by atoms with van der Waals surface area (Å²) in [6, 6.07) is -0.338. The fourth-order valence-electron chi connectivity index (χ4n) is 1.71. The van der Waals surface area contributed by atoms with Gasteiger partial charge in [0.15, 0.2) is 6.10 Å². The summed E-state index contributed by atoms with van der Waals surface area (Å²) in [4.78, 5) is 23.1. The second-order valence-electron chi connectivity index (χ2n) is 4.30. The van der Waals surface area contributed by atoms with Gasteiger partial charge in [-0.1, -0.05) is 0 Å². The second kappa shape index (κ2) is 12.0. The maximum Gasteiger partial charge on any atom is 0.307 e. The minimum absolute atomic E-state index is 0.151. The molecule has 0 spiro atoms. The number of amides is 1. The van der Waals surface area contributed by atoms with Crippen LogP contribution in [0.15, 0.2) is 0 Å². The molecule has 118 valence electrons. The SMILES string of the molecule is CCOC(=O)CCNC(=O)C(OC)C(N)CCCSC. The van der Waals surface area contributed by atoms with Crippen molar-refractivity contribution in [1.82, 2.24) is 5.32 Å². The minimum atomic E-state index is -0.681. The Balaban J connectivity index is 4.03. The van der Waals surface area contributed by atoms with Crippen molar-refractivity contribution in [2.24, 2.45) is 5.73 Å². The summed E-state index contributed by atoms with van der Waals surface area (Å²) in [6.45, 7) is 2.31. The van der Waals surface area contributed by atoms with Crippen LogP contribution in [0.1, 0.15) is 26.2 Å².